The Bertz CT molecular complexity index is 737. The highest BCUT2D eigenvalue weighted by molar-refractivity contribution is 9.10. The number of hydrogen-bond acceptors (Lipinski definition) is 1. The van der Waals surface area contributed by atoms with E-state index in [9.17, 15) is 31.1 Å². The summed E-state index contributed by atoms with van der Waals surface area (Å²) in [5.41, 5.74) is -3.61. The molecule has 9 heteroatoms. The maximum Gasteiger partial charge on any atom is 0.416 e. The van der Waals surface area contributed by atoms with Crippen LogP contribution in [0.2, 0.25) is 0 Å². The Balaban J connectivity index is 2.43. The van der Waals surface area contributed by atoms with Crippen molar-refractivity contribution in [2.24, 2.45) is 0 Å². The average molecular weight is 412 g/mol. The third-order valence-corrected chi connectivity index (χ3v) is 3.43. The molecule has 1 amide bonds. The fourth-order valence-corrected chi connectivity index (χ4v) is 2.25. The van der Waals surface area contributed by atoms with Crippen LogP contribution in [0, 0.1) is 0 Å². The second-order valence-electron chi connectivity index (χ2n) is 4.76. The van der Waals surface area contributed by atoms with Gasteiger partial charge in [-0.25, -0.2) is 0 Å². The van der Waals surface area contributed by atoms with E-state index in [1.807, 2.05) is 0 Å². The molecule has 2 nitrogen and oxygen atoms in total. The molecule has 128 valence electrons. The van der Waals surface area contributed by atoms with Gasteiger partial charge in [-0.2, -0.15) is 26.3 Å². The van der Waals surface area contributed by atoms with Crippen molar-refractivity contribution in [3.05, 3.63) is 63.6 Å². The van der Waals surface area contributed by atoms with Crippen LogP contribution in [0.15, 0.2) is 46.9 Å². The molecule has 2 aromatic rings. The molecule has 0 radical (unpaired) electrons. The van der Waals surface area contributed by atoms with E-state index in [0.29, 0.717) is 16.6 Å². The van der Waals surface area contributed by atoms with Crippen molar-refractivity contribution in [1.29, 1.82) is 0 Å². The summed E-state index contributed by atoms with van der Waals surface area (Å²) in [6.45, 7) is 0. The lowest BCUT2D eigenvalue weighted by Crippen LogP contribution is -2.17. The molecule has 0 aromatic heterocycles. The number of amides is 1. The molecule has 0 unspecified atom stereocenters. The predicted octanol–water partition coefficient (Wildman–Crippen LogP) is 5.74. The SMILES string of the molecule is O=C(Nc1cccc(Br)c1)c1cc(C(F)(F)F)cc(C(F)(F)F)c1. The van der Waals surface area contributed by atoms with Crippen molar-refractivity contribution in [3.8, 4) is 0 Å². The summed E-state index contributed by atoms with van der Waals surface area (Å²) in [5.74, 6) is -1.08. The van der Waals surface area contributed by atoms with Gasteiger partial charge in [-0.1, -0.05) is 22.0 Å². The first-order chi connectivity index (χ1) is 11.0. The summed E-state index contributed by atoms with van der Waals surface area (Å²) in [7, 11) is 0. The first kappa shape index (κ1) is 18.3. The zero-order valence-corrected chi connectivity index (χ0v) is 13.2. The number of halogens is 7. The third-order valence-electron chi connectivity index (χ3n) is 2.93. The van der Waals surface area contributed by atoms with Crippen LogP contribution < -0.4 is 5.32 Å². The lowest BCUT2D eigenvalue weighted by Gasteiger charge is -2.14. The van der Waals surface area contributed by atoms with Crippen LogP contribution in [0.1, 0.15) is 21.5 Å². The zero-order valence-electron chi connectivity index (χ0n) is 11.6. The molecule has 0 fully saturated rings. The second kappa shape index (κ2) is 6.46. The maximum atomic E-state index is 12.8. The summed E-state index contributed by atoms with van der Waals surface area (Å²) in [6.07, 6.45) is -10.0. The molecule has 0 aliphatic carbocycles. The molecule has 0 atom stereocenters. The number of rotatable bonds is 2. The zero-order chi connectivity index (χ0) is 18.1. The summed E-state index contributed by atoms with van der Waals surface area (Å²) < 4.78 is 77.2. The number of benzene rings is 2. The van der Waals surface area contributed by atoms with Gasteiger partial charge in [0.1, 0.15) is 0 Å². The summed E-state index contributed by atoms with van der Waals surface area (Å²) in [6, 6.07) is 6.81. The Kier molecular flexibility index (Phi) is 4.93. The topological polar surface area (TPSA) is 29.1 Å². The van der Waals surface area contributed by atoms with Crippen LogP contribution in [0.5, 0.6) is 0 Å². The quantitative estimate of drug-likeness (QED) is 0.627. The molecule has 0 saturated heterocycles. The number of carbonyl (C=O) groups excluding carboxylic acids is 1. The second-order valence-corrected chi connectivity index (χ2v) is 5.67. The Morgan fingerprint density at radius 3 is 1.88 bits per heavy atom. The Hall–Kier alpha value is -2.03. The van der Waals surface area contributed by atoms with Crippen molar-refractivity contribution in [1.82, 2.24) is 0 Å². The molecule has 2 rings (SSSR count). The van der Waals surface area contributed by atoms with Crippen molar-refractivity contribution in [2.45, 2.75) is 12.4 Å². The minimum Gasteiger partial charge on any atom is -0.322 e. The van der Waals surface area contributed by atoms with Crippen LogP contribution in [0.4, 0.5) is 32.0 Å². The average Bonchev–Trinajstić information content (AvgIpc) is 2.45. The smallest absolute Gasteiger partial charge is 0.322 e. The lowest BCUT2D eigenvalue weighted by molar-refractivity contribution is -0.143. The van der Waals surface area contributed by atoms with Gasteiger partial charge in [0.25, 0.3) is 5.91 Å². The first-order valence-electron chi connectivity index (χ1n) is 6.33. The lowest BCUT2D eigenvalue weighted by atomic mass is 10.0. The summed E-state index contributed by atoms with van der Waals surface area (Å²) >= 11 is 3.13. The molecule has 24 heavy (non-hydrogen) atoms. The van der Waals surface area contributed by atoms with Gasteiger partial charge in [-0.3, -0.25) is 4.79 Å². The monoisotopic (exact) mass is 411 g/mol. The summed E-state index contributed by atoms with van der Waals surface area (Å²) in [5, 5.41) is 2.25. The molecule has 1 N–H and O–H groups in total. The minimum atomic E-state index is -5.01. The predicted molar refractivity (Wildman–Crippen MR) is 78.5 cm³/mol. The van der Waals surface area contributed by atoms with Crippen LogP contribution in [0.25, 0.3) is 0 Å². The van der Waals surface area contributed by atoms with Gasteiger partial charge in [0, 0.05) is 15.7 Å². The van der Waals surface area contributed by atoms with E-state index in [4.69, 9.17) is 0 Å². The van der Waals surface area contributed by atoms with Crippen LogP contribution in [0.3, 0.4) is 0 Å². The van der Waals surface area contributed by atoms with Crippen molar-refractivity contribution in [2.75, 3.05) is 5.32 Å². The van der Waals surface area contributed by atoms with Crippen molar-refractivity contribution >= 4 is 27.5 Å². The van der Waals surface area contributed by atoms with Gasteiger partial charge in [0.05, 0.1) is 11.1 Å². The molecule has 0 heterocycles. The normalized spacial score (nSPS) is 12.1. The van der Waals surface area contributed by atoms with Crippen molar-refractivity contribution < 1.29 is 31.1 Å². The van der Waals surface area contributed by atoms with Gasteiger partial charge >= 0.3 is 12.4 Å². The molecule has 0 bridgehead atoms. The van der Waals surface area contributed by atoms with Gasteiger partial charge < -0.3 is 5.32 Å². The van der Waals surface area contributed by atoms with E-state index in [-0.39, 0.29) is 11.8 Å². The highest BCUT2D eigenvalue weighted by Crippen LogP contribution is 2.36. The minimum absolute atomic E-state index is 0.0319. The largest absolute Gasteiger partial charge is 0.416 e. The van der Waals surface area contributed by atoms with Gasteiger partial charge in [0.15, 0.2) is 0 Å². The van der Waals surface area contributed by atoms with E-state index < -0.39 is 35.0 Å². The molecule has 0 aliphatic heterocycles. The number of alkyl halides is 6. The number of carbonyl (C=O) groups is 1. The Labute approximate surface area is 140 Å². The van der Waals surface area contributed by atoms with Crippen LogP contribution in [-0.2, 0) is 12.4 Å². The molecule has 0 saturated carbocycles. The van der Waals surface area contributed by atoms with Gasteiger partial charge in [-0.05, 0) is 36.4 Å². The van der Waals surface area contributed by atoms with Gasteiger partial charge in [0.2, 0.25) is 0 Å². The van der Waals surface area contributed by atoms with Crippen LogP contribution in [-0.4, -0.2) is 5.91 Å². The molecular formula is C15H8BrF6NO. The maximum absolute atomic E-state index is 12.8. The molecule has 0 aliphatic rings. The van der Waals surface area contributed by atoms with E-state index in [2.05, 4.69) is 21.2 Å². The molecule has 0 spiro atoms. The number of nitrogens with one attached hydrogen (secondary N) is 1. The fraction of sp³-hybridized carbons (Fsp3) is 0.133. The van der Waals surface area contributed by atoms with E-state index in [1.165, 1.54) is 12.1 Å². The van der Waals surface area contributed by atoms with E-state index >= 15 is 0 Å². The Morgan fingerprint density at radius 2 is 1.42 bits per heavy atom. The standard InChI is InChI=1S/C15H8BrF6NO/c16-11-2-1-3-12(7-11)23-13(24)8-4-9(14(17,18)19)6-10(5-8)15(20,21)22/h1-7H,(H,23,24). The van der Waals surface area contributed by atoms with E-state index in [0.717, 1.165) is 0 Å². The third kappa shape index (κ3) is 4.50. The highest BCUT2D eigenvalue weighted by atomic mass is 79.9. The molecular weight excluding hydrogens is 404 g/mol. The fourth-order valence-electron chi connectivity index (χ4n) is 1.86. The van der Waals surface area contributed by atoms with E-state index in [1.54, 1.807) is 12.1 Å². The molecule has 2 aromatic carbocycles. The number of anilines is 1. The van der Waals surface area contributed by atoms with Crippen LogP contribution >= 0.6 is 15.9 Å². The first-order valence-corrected chi connectivity index (χ1v) is 7.12. The van der Waals surface area contributed by atoms with Crippen molar-refractivity contribution in [3.63, 3.8) is 0 Å². The Morgan fingerprint density at radius 1 is 0.875 bits per heavy atom. The number of hydrogen-bond donors (Lipinski definition) is 1. The highest BCUT2D eigenvalue weighted by Gasteiger charge is 2.37. The van der Waals surface area contributed by atoms with Gasteiger partial charge in [-0.15, -0.1) is 0 Å². The summed E-state index contributed by atoms with van der Waals surface area (Å²) in [4.78, 5) is 12.0.